The normalized spacial score (nSPS) is 9.76. The van der Waals surface area contributed by atoms with E-state index >= 15 is 0 Å². The van der Waals surface area contributed by atoms with E-state index in [1.165, 1.54) is 4.90 Å². The first-order chi connectivity index (χ1) is 9.93. The molecular formula is C16H20N2O3. The van der Waals surface area contributed by atoms with Gasteiger partial charge in [0.05, 0.1) is 6.54 Å². The molecule has 5 heteroatoms. The minimum absolute atomic E-state index is 0.00353. The fourth-order valence-electron chi connectivity index (χ4n) is 1.75. The van der Waals surface area contributed by atoms with Crippen molar-refractivity contribution < 1.29 is 14.7 Å². The molecule has 0 heterocycles. The highest BCUT2D eigenvalue weighted by molar-refractivity contribution is 5.96. The van der Waals surface area contributed by atoms with E-state index in [9.17, 15) is 9.59 Å². The molecule has 0 aliphatic carbocycles. The maximum atomic E-state index is 12.2. The van der Waals surface area contributed by atoms with Crippen molar-refractivity contribution in [3.8, 4) is 11.8 Å². The van der Waals surface area contributed by atoms with Crippen LogP contribution in [0.5, 0.6) is 0 Å². The maximum Gasteiger partial charge on any atom is 0.254 e. The Kier molecular flexibility index (Phi) is 6.44. The summed E-state index contributed by atoms with van der Waals surface area (Å²) in [7, 11) is 1.58. The third kappa shape index (κ3) is 5.67. The molecule has 0 aliphatic rings. The van der Waals surface area contributed by atoms with Gasteiger partial charge in [0.15, 0.2) is 0 Å². The molecule has 1 aromatic rings. The lowest BCUT2D eigenvalue weighted by molar-refractivity contribution is -0.122. The second kappa shape index (κ2) is 8.08. The second-order valence-corrected chi connectivity index (χ2v) is 4.92. The van der Waals surface area contributed by atoms with Crippen molar-refractivity contribution in [2.75, 3.05) is 20.2 Å². The quantitative estimate of drug-likeness (QED) is 0.798. The molecule has 2 amide bonds. The summed E-state index contributed by atoms with van der Waals surface area (Å²) in [6, 6.07) is 6.82. The average molecular weight is 288 g/mol. The van der Waals surface area contributed by atoms with Crippen LogP contribution in [0.15, 0.2) is 24.3 Å². The average Bonchev–Trinajstić information content (AvgIpc) is 2.43. The molecule has 0 aromatic heterocycles. The van der Waals surface area contributed by atoms with Gasteiger partial charge in [-0.05, 0) is 32.0 Å². The topological polar surface area (TPSA) is 69.6 Å². The van der Waals surface area contributed by atoms with Crippen molar-refractivity contribution in [1.29, 1.82) is 0 Å². The van der Waals surface area contributed by atoms with Gasteiger partial charge in [-0.2, -0.15) is 0 Å². The molecule has 1 rings (SSSR count). The largest absolute Gasteiger partial charge is 0.384 e. The molecule has 0 unspecified atom stereocenters. The lowest BCUT2D eigenvalue weighted by Crippen LogP contribution is -2.40. The van der Waals surface area contributed by atoms with E-state index in [1.807, 2.05) is 13.8 Å². The van der Waals surface area contributed by atoms with E-state index in [0.29, 0.717) is 11.1 Å². The Labute approximate surface area is 125 Å². The third-order valence-electron chi connectivity index (χ3n) is 2.60. The molecule has 0 radical (unpaired) electrons. The van der Waals surface area contributed by atoms with Crippen LogP contribution in [0.25, 0.3) is 0 Å². The number of likely N-dealkylation sites (N-methyl/N-ethyl adjacent to an activating group) is 1. The molecule has 0 fully saturated rings. The van der Waals surface area contributed by atoms with Gasteiger partial charge in [-0.15, -0.1) is 0 Å². The zero-order chi connectivity index (χ0) is 15.8. The number of rotatable bonds is 4. The number of nitrogens with zero attached hydrogens (tertiary/aromatic N) is 1. The highest BCUT2D eigenvalue weighted by Gasteiger charge is 2.15. The van der Waals surface area contributed by atoms with E-state index < -0.39 is 0 Å². The van der Waals surface area contributed by atoms with E-state index in [2.05, 4.69) is 17.2 Å². The van der Waals surface area contributed by atoms with Gasteiger partial charge < -0.3 is 15.3 Å². The summed E-state index contributed by atoms with van der Waals surface area (Å²) >= 11 is 0. The summed E-state index contributed by atoms with van der Waals surface area (Å²) < 4.78 is 0. The summed E-state index contributed by atoms with van der Waals surface area (Å²) in [5.41, 5.74) is 1.11. The van der Waals surface area contributed by atoms with Crippen molar-refractivity contribution >= 4 is 11.8 Å². The highest BCUT2D eigenvalue weighted by atomic mass is 16.2. The molecule has 2 N–H and O–H groups in total. The monoisotopic (exact) mass is 288 g/mol. The number of amides is 2. The Hall–Kier alpha value is -2.32. The lowest BCUT2D eigenvalue weighted by atomic mass is 10.1. The van der Waals surface area contributed by atoms with Gasteiger partial charge >= 0.3 is 0 Å². The van der Waals surface area contributed by atoms with E-state index in [4.69, 9.17) is 5.11 Å². The smallest absolute Gasteiger partial charge is 0.254 e. The third-order valence-corrected chi connectivity index (χ3v) is 2.60. The number of nitrogens with one attached hydrogen (secondary N) is 1. The Morgan fingerprint density at radius 1 is 1.38 bits per heavy atom. The molecule has 21 heavy (non-hydrogen) atoms. The predicted octanol–water partition coefficient (Wildman–Crippen LogP) is 0.627. The van der Waals surface area contributed by atoms with Crippen molar-refractivity contribution in [2.24, 2.45) is 0 Å². The SMILES string of the molecule is CC(C)NC(=O)CN(C)C(=O)c1cccc(C#CCO)c1. The first-order valence-corrected chi connectivity index (χ1v) is 6.68. The fourth-order valence-corrected chi connectivity index (χ4v) is 1.75. The summed E-state index contributed by atoms with van der Waals surface area (Å²) in [6.45, 7) is 3.50. The number of carbonyl (C=O) groups is 2. The highest BCUT2D eigenvalue weighted by Crippen LogP contribution is 2.07. The summed E-state index contributed by atoms with van der Waals surface area (Å²) in [5.74, 6) is 4.83. The van der Waals surface area contributed by atoms with Crippen molar-refractivity contribution in [1.82, 2.24) is 10.2 Å². The Morgan fingerprint density at radius 3 is 2.71 bits per heavy atom. The van der Waals surface area contributed by atoms with Crippen LogP contribution in [-0.4, -0.2) is 48.1 Å². The molecule has 112 valence electrons. The molecule has 0 atom stereocenters. The van der Waals surface area contributed by atoms with Gasteiger partial charge in [0.25, 0.3) is 5.91 Å². The molecule has 0 saturated heterocycles. The zero-order valence-corrected chi connectivity index (χ0v) is 12.5. The van der Waals surface area contributed by atoms with Crippen LogP contribution in [-0.2, 0) is 4.79 Å². The lowest BCUT2D eigenvalue weighted by Gasteiger charge is -2.18. The molecule has 5 nitrogen and oxygen atoms in total. The van der Waals surface area contributed by atoms with Crippen LogP contribution in [0.3, 0.4) is 0 Å². The number of hydrogen-bond acceptors (Lipinski definition) is 3. The van der Waals surface area contributed by atoms with Crippen molar-refractivity contribution in [3.63, 3.8) is 0 Å². The molecule has 0 bridgehead atoms. The first kappa shape index (κ1) is 16.7. The molecule has 0 saturated carbocycles. The molecule has 0 aliphatic heterocycles. The van der Waals surface area contributed by atoms with Crippen LogP contribution in [0.4, 0.5) is 0 Å². The Bertz CT molecular complexity index is 570. The second-order valence-electron chi connectivity index (χ2n) is 4.92. The molecule has 1 aromatic carbocycles. The van der Waals surface area contributed by atoms with Gasteiger partial charge in [-0.3, -0.25) is 9.59 Å². The molecular weight excluding hydrogens is 268 g/mol. The number of carbonyl (C=O) groups excluding carboxylic acids is 2. The summed E-state index contributed by atoms with van der Waals surface area (Å²) in [5, 5.41) is 11.4. The number of aliphatic hydroxyl groups excluding tert-OH is 1. The molecule has 0 spiro atoms. The van der Waals surface area contributed by atoms with Crippen LogP contribution in [0.1, 0.15) is 29.8 Å². The number of benzene rings is 1. The minimum Gasteiger partial charge on any atom is -0.384 e. The van der Waals surface area contributed by atoms with E-state index in [-0.39, 0.29) is 31.0 Å². The zero-order valence-electron chi connectivity index (χ0n) is 12.5. The van der Waals surface area contributed by atoms with Crippen LogP contribution < -0.4 is 5.32 Å². The number of aliphatic hydroxyl groups is 1. The Balaban J connectivity index is 2.76. The van der Waals surface area contributed by atoms with E-state index in [1.54, 1.807) is 31.3 Å². The standard InChI is InChI=1S/C16H20N2O3/c1-12(2)17-15(20)11-18(3)16(21)14-8-4-6-13(10-14)7-5-9-19/h4,6,8,10,12,19H,9,11H2,1-3H3,(H,17,20). The number of hydrogen-bond donors (Lipinski definition) is 2. The first-order valence-electron chi connectivity index (χ1n) is 6.68. The van der Waals surface area contributed by atoms with E-state index in [0.717, 1.165) is 0 Å². The van der Waals surface area contributed by atoms with Gasteiger partial charge in [0.1, 0.15) is 6.61 Å². The van der Waals surface area contributed by atoms with Crippen LogP contribution in [0, 0.1) is 11.8 Å². The van der Waals surface area contributed by atoms with Gasteiger partial charge in [0, 0.05) is 24.2 Å². The van der Waals surface area contributed by atoms with Gasteiger partial charge in [-0.25, -0.2) is 0 Å². The summed E-state index contributed by atoms with van der Waals surface area (Å²) in [6.07, 6.45) is 0. The van der Waals surface area contributed by atoms with Gasteiger partial charge in [-0.1, -0.05) is 17.9 Å². The van der Waals surface area contributed by atoms with Crippen LogP contribution in [0.2, 0.25) is 0 Å². The van der Waals surface area contributed by atoms with Gasteiger partial charge in [0.2, 0.25) is 5.91 Å². The summed E-state index contributed by atoms with van der Waals surface area (Å²) in [4.78, 5) is 25.3. The fraction of sp³-hybridized carbons (Fsp3) is 0.375. The Morgan fingerprint density at radius 2 is 2.10 bits per heavy atom. The maximum absolute atomic E-state index is 12.2. The predicted molar refractivity (Wildman–Crippen MR) is 80.6 cm³/mol. The minimum atomic E-state index is -0.249. The van der Waals surface area contributed by atoms with Crippen LogP contribution >= 0.6 is 0 Å². The van der Waals surface area contributed by atoms with Crippen molar-refractivity contribution in [3.05, 3.63) is 35.4 Å². The van der Waals surface area contributed by atoms with Crippen molar-refractivity contribution in [2.45, 2.75) is 19.9 Å².